The number of rotatable bonds is 9. The number of benzene rings is 2. The van der Waals surface area contributed by atoms with Crippen LogP contribution >= 0.6 is 0 Å². The Kier molecular flexibility index (Phi) is 7.53. The summed E-state index contributed by atoms with van der Waals surface area (Å²) in [7, 11) is 1.65. The number of methoxy groups -OCH3 is 1. The molecule has 0 bridgehead atoms. The Morgan fingerprint density at radius 1 is 0.978 bits per heavy atom. The van der Waals surface area contributed by atoms with Gasteiger partial charge >= 0.3 is 0 Å². The lowest BCUT2D eigenvalue weighted by Crippen LogP contribution is -2.56. The number of anilines is 2. The van der Waals surface area contributed by atoms with Gasteiger partial charge in [0.15, 0.2) is 22.6 Å². The van der Waals surface area contributed by atoms with Crippen molar-refractivity contribution < 1.29 is 18.7 Å². The van der Waals surface area contributed by atoms with E-state index in [0.29, 0.717) is 67.7 Å². The lowest BCUT2D eigenvalue weighted by molar-refractivity contribution is -0.138. The number of furan rings is 1. The molecule has 2 N–H and O–H groups in total. The Labute approximate surface area is 265 Å². The minimum Gasteiger partial charge on any atom is -0.491 e. The van der Waals surface area contributed by atoms with Crippen molar-refractivity contribution in [3.63, 3.8) is 0 Å². The van der Waals surface area contributed by atoms with Crippen molar-refractivity contribution in [1.29, 1.82) is 0 Å². The Balaban J connectivity index is 1.21. The van der Waals surface area contributed by atoms with E-state index in [9.17, 15) is 4.79 Å². The number of aryl methyl sites for hydroxylation is 1. The highest BCUT2D eigenvalue weighted by molar-refractivity contribution is 5.94. The van der Waals surface area contributed by atoms with E-state index in [-0.39, 0.29) is 11.9 Å². The molecule has 46 heavy (non-hydrogen) atoms. The van der Waals surface area contributed by atoms with Crippen LogP contribution in [0.3, 0.4) is 0 Å². The Morgan fingerprint density at radius 2 is 1.76 bits per heavy atom. The summed E-state index contributed by atoms with van der Waals surface area (Å²) < 4.78 is 19.4. The topological polar surface area (TPSA) is 142 Å². The first-order valence-electron chi connectivity index (χ1n) is 15.1. The molecular weight excluding hydrogens is 586 g/mol. The molecule has 1 atom stereocenters. The van der Waals surface area contributed by atoms with Crippen LogP contribution in [0.5, 0.6) is 5.75 Å². The summed E-state index contributed by atoms with van der Waals surface area (Å²) in [5, 5.41) is 9.90. The van der Waals surface area contributed by atoms with Gasteiger partial charge in [-0.3, -0.25) is 4.79 Å². The van der Waals surface area contributed by atoms with Gasteiger partial charge in [-0.25, -0.2) is 9.67 Å². The summed E-state index contributed by atoms with van der Waals surface area (Å²) in [6.07, 6.45) is 3.23. The third-order valence-corrected chi connectivity index (χ3v) is 8.61. The number of carbonyl (C=O) groups is 1. The molecule has 0 radical (unpaired) electrons. The van der Waals surface area contributed by atoms with Gasteiger partial charge in [0.05, 0.1) is 24.5 Å². The number of nitrogens with zero attached hydrogens (tertiary/aromatic N) is 8. The normalized spacial score (nSPS) is 15.0. The molecule has 0 spiro atoms. The third-order valence-electron chi connectivity index (χ3n) is 8.61. The lowest BCUT2D eigenvalue weighted by Gasteiger charge is -2.41. The number of nitrogens with two attached hydrogens (primary N) is 1. The van der Waals surface area contributed by atoms with Crippen LogP contribution in [-0.4, -0.2) is 86.7 Å². The number of fused-ring (bicyclic) bond motifs is 3. The number of ether oxygens (including phenoxy) is 2. The van der Waals surface area contributed by atoms with E-state index < -0.39 is 5.54 Å². The van der Waals surface area contributed by atoms with Crippen molar-refractivity contribution in [1.82, 2.24) is 34.3 Å². The van der Waals surface area contributed by atoms with E-state index in [4.69, 9.17) is 34.7 Å². The maximum absolute atomic E-state index is 14.8. The molecule has 0 aliphatic carbocycles. The Hall–Kier alpha value is -5.43. The van der Waals surface area contributed by atoms with Gasteiger partial charge in [-0.1, -0.05) is 24.3 Å². The molecule has 2 aromatic carbocycles. The predicted octanol–water partition coefficient (Wildman–Crippen LogP) is 3.76. The summed E-state index contributed by atoms with van der Waals surface area (Å²) in [5.41, 5.74) is 8.98. The molecule has 5 heterocycles. The molecule has 1 amide bonds. The van der Waals surface area contributed by atoms with E-state index in [1.165, 1.54) is 4.52 Å². The quantitative estimate of drug-likeness (QED) is 0.237. The highest BCUT2D eigenvalue weighted by Crippen LogP contribution is 2.35. The second-order valence-corrected chi connectivity index (χ2v) is 11.4. The van der Waals surface area contributed by atoms with E-state index in [1.54, 1.807) is 36.4 Å². The SMILES string of the molecule is COCCOc1ccc(N2CCN(C(=O)C(C)(c3ccccc3C)n3ncc4c3nc(N)n3nc(-c5ccco5)nc43)CC2)cc1. The number of aromatic nitrogens is 6. The zero-order valence-electron chi connectivity index (χ0n) is 26.0. The van der Waals surface area contributed by atoms with Crippen LogP contribution in [0.15, 0.2) is 77.5 Å². The summed E-state index contributed by atoms with van der Waals surface area (Å²) in [6, 6.07) is 19.4. The fraction of sp³-hybridized carbons (Fsp3) is 0.303. The molecule has 1 unspecified atom stereocenters. The first-order chi connectivity index (χ1) is 22.4. The van der Waals surface area contributed by atoms with Gasteiger partial charge in [0.1, 0.15) is 12.4 Å². The summed E-state index contributed by atoms with van der Waals surface area (Å²) in [6.45, 7) is 7.39. The maximum atomic E-state index is 14.8. The van der Waals surface area contributed by atoms with Crippen LogP contribution in [-0.2, 0) is 15.1 Å². The van der Waals surface area contributed by atoms with Crippen LogP contribution < -0.4 is 15.4 Å². The lowest BCUT2D eigenvalue weighted by atomic mass is 9.86. The van der Waals surface area contributed by atoms with Gasteiger partial charge in [0.2, 0.25) is 11.8 Å². The van der Waals surface area contributed by atoms with Crippen LogP contribution in [0.1, 0.15) is 18.1 Å². The number of hydrogen-bond donors (Lipinski definition) is 1. The van der Waals surface area contributed by atoms with Gasteiger partial charge in [0, 0.05) is 39.0 Å². The summed E-state index contributed by atoms with van der Waals surface area (Å²) in [5.74, 6) is 1.73. The van der Waals surface area contributed by atoms with Crippen LogP contribution in [0, 0.1) is 6.92 Å². The average Bonchev–Trinajstić information content (AvgIpc) is 3.85. The molecule has 6 aromatic rings. The first kappa shape index (κ1) is 29.3. The minimum atomic E-state index is -1.22. The largest absolute Gasteiger partial charge is 0.491 e. The standard InChI is InChI=1S/C33H35N9O4/c1-22-7-4-5-8-26(22)33(2,31(43)40-16-14-39(15-17-40)23-10-12-24(13-11-23)45-20-19-44-3)42-30-25(21-35-42)29-36-28(27-9-6-18-46-27)38-41(29)32(34)37-30/h4-13,18,21H,14-17,19-20H2,1-3H3,(H2,34,37). The monoisotopic (exact) mass is 621 g/mol. The zero-order valence-corrected chi connectivity index (χ0v) is 26.0. The number of piperazine rings is 1. The predicted molar refractivity (Wildman–Crippen MR) is 173 cm³/mol. The summed E-state index contributed by atoms with van der Waals surface area (Å²) in [4.78, 5) is 28.3. The van der Waals surface area contributed by atoms with E-state index >= 15 is 0 Å². The molecule has 0 saturated carbocycles. The van der Waals surface area contributed by atoms with Gasteiger partial charge in [0.25, 0.3) is 5.91 Å². The highest BCUT2D eigenvalue weighted by atomic mass is 16.5. The van der Waals surface area contributed by atoms with E-state index in [2.05, 4.69) is 10.00 Å². The second-order valence-electron chi connectivity index (χ2n) is 11.4. The van der Waals surface area contributed by atoms with Crippen molar-refractivity contribution in [3.8, 4) is 17.3 Å². The zero-order chi connectivity index (χ0) is 31.8. The molecule has 4 aromatic heterocycles. The van der Waals surface area contributed by atoms with Crippen molar-refractivity contribution in [2.75, 3.05) is 57.1 Å². The number of hydrogen-bond acceptors (Lipinski definition) is 10. The minimum absolute atomic E-state index is 0.0775. The highest BCUT2D eigenvalue weighted by Gasteiger charge is 2.44. The first-order valence-corrected chi connectivity index (χ1v) is 15.1. The molecular formula is C33H35N9O4. The van der Waals surface area contributed by atoms with Crippen molar-refractivity contribution in [2.24, 2.45) is 0 Å². The van der Waals surface area contributed by atoms with Crippen LogP contribution in [0.2, 0.25) is 0 Å². The average molecular weight is 622 g/mol. The maximum Gasteiger partial charge on any atom is 0.255 e. The number of carbonyl (C=O) groups excluding carboxylic acids is 1. The van der Waals surface area contributed by atoms with Crippen molar-refractivity contribution in [2.45, 2.75) is 19.4 Å². The fourth-order valence-electron chi connectivity index (χ4n) is 6.16. The molecule has 7 rings (SSSR count). The second kappa shape index (κ2) is 11.8. The van der Waals surface area contributed by atoms with Crippen LogP contribution in [0.4, 0.5) is 11.6 Å². The van der Waals surface area contributed by atoms with Crippen LogP contribution in [0.25, 0.3) is 28.3 Å². The number of amides is 1. The van der Waals surface area contributed by atoms with E-state index in [1.807, 2.05) is 67.3 Å². The third kappa shape index (κ3) is 4.98. The van der Waals surface area contributed by atoms with Gasteiger partial charge in [-0.2, -0.15) is 14.6 Å². The Morgan fingerprint density at radius 3 is 2.48 bits per heavy atom. The molecule has 13 heteroatoms. The summed E-state index contributed by atoms with van der Waals surface area (Å²) >= 11 is 0. The number of nitrogen functional groups attached to an aromatic ring is 1. The van der Waals surface area contributed by atoms with Crippen molar-refractivity contribution in [3.05, 3.63) is 84.3 Å². The van der Waals surface area contributed by atoms with E-state index in [0.717, 1.165) is 22.6 Å². The fourth-order valence-corrected chi connectivity index (χ4v) is 6.16. The van der Waals surface area contributed by atoms with Gasteiger partial charge in [-0.15, -0.1) is 5.10 Å². The molecule has 1 saturated heterocycles. The molecule has 1 aliphatic heterocycles. The Bertz CT molecular complexity index is 1990. The molecule has 1 fully saturated rings. The van der Waals surface area contributed by atoms with Gasteiger partial charge < -0.3 is 29.4 Å². The smallest absolute Gasteiger partial charge is 0.255 e. The van der Waals surface area contributed by atoms with Crippen molar-refractivity contribution >= 4 is 34.2 Å². The molecule has 236 valence electrons. The molecule has 1 aliphatic rings. The van der Waals surface area contributed by atoms with Gasteiger partial charge in [-0.05, 0) is 61.4 Å². The molecule has 13 nitrogen and oxygen atoms in total.